The van der Waals surface area contributed by atoms with Gasteiger partial charge in [0.25, 0.3) is 5.91 Å². The predicted octanol–water partition coefficient (Wildman–Crippen LogP) is 4.45. The summed E-state index contributed by atoms with van der Waals surface area (Å²) >= 11 is 0. The Kier molecular flexibility index (Phi) is 6.34. The molecule has 3 N–H and O–H groups in total. The van der Waals surface area contributed by atoms with Gasteiger partial charge in [-0.3, -0.25) is 14.5 Å². The zero-order valence-corrected chi connectivity index (χ0v) is 21.8. The number of carbonyl (C=O) groups excluding carboxylic acids is 1. The Labute approximate surface area is 230 Å². The number of amides is 1. The highest BCUT2D eigenvalue weighted by Crippen LogP contribution is 2.29. The van der Waals surface area contributed by atoms with Gasteiger partial charge >= 0.3 is 0 Å². The van der Waals surface area contributed by atoms with E-state index in [1.807, 2.05) is 74.8 Å². The minimum atomic E-state index is -0.511. The molecule has 6 aromatic rings. The molecule has 2 aromatic carbocycles. The molecule has 4 aromatic heterocycles. The maximum Gasteiger partial charge on any atom is 0.257 e. The second-order valence-electron chi connectivity index (χ2n) is 9.30. The van der Waals surface area contributed by atoms with Gasteiger partial charge in [0.15, 0.2) is 0 Å². The average Bonchev–Trinajstić information content (AvgIpc) is 3.40. The Hall–Kier alpha value is -5.62. The summed E-state index contributed by atoms with van der Waals surface area (Å²) in [7, 11) is 1.85. The first kappa shape index (κ1) is 24.7. The minimum absolute atomic E-state index is 0.112. The van der Waals surface area contributed by atoms with Gasteiger partial charge in [-0.1, -0.05) is 48.2 Å². The van der Waals surface area contributed by atoms with Crippen molar-refractivity contribution >= 4 is 33.7 Å². The van der Waals surface area contributed by atoms with Crippen LogP contribution >= 0.6 is 0 Å². The minimum Gasteiger partial charge on any atom is -0.383 e. The highest BCUT2D eigenvalue weighted by Gasteiger charge is 2.23. The van der Waals surface area contributed by atoms with Crippen LogP contribution in [0, 0.1) is 11.8 Å². The topological polar surface area (TPSA) is 125 Å². The van der Waals surface area contributed by atoms with Gasteiger partial charge < -0.3 is 11.1 Å². The first-order valence-electron chi connectivity index (χ1n) is 12.6. The van der Waals surface area contributed by atoms with Crippen molar-refractivity contribution in [1.82, 2.24) is 35.0 Å². The van der Waals surface area contributed by atoms with Gasteiger partial charge in [0, 0.05) is 36.6 Å². The first-order valence-corrected chi connectivity index (χ1v) is 12.6. The zero-order valence-electron chi connectivity index (χ0n) is 21.8. The lowest BCUT2D eigenvalue weighted by Crippen LogP contribution is -2.29. The largest absolute Gasteiger partial charge is 0.383 e. The van der Waals surface area contributed by atoms with Crippen molar-refractivity contribution in [3.8, 4) is 23.1 Å². The SMILES string of the molecule is C[C@H](NC(=O)c1c(N)ncc2cccnc12)c1nc2cccc(C#Cc3cnn(C)c3)c2nc1-c1ccccc1. The number of nitrogens with two attached hydrogens (primary N) is 1. The maximum absolute atomic E-state index is 13.5. The average molecular weight is 525 g/mol. The fraction of sp³-hybridized carbons (Fsp3) is 0.0968. The predicted molar refractivity (Wildman–Crippen MR) is 154 cm³/mol. The van der Waals surface area contributed by atoms with Crippen molar-refractivity contribution in [3.05, 3.63) is 108 Å². The van der Waals surface area contributed by atoms with Gasteiger partial charge in [-0.2, -0.15) is 5.10 Å². The molecule has 4 heterocycles. The molecule has 194 valence electrons. The number of fused-ring (bicyclic) bond motifs is 2. The van der Waals surface area contributed by atoms with Gasteiger partial charge in [-0.15, -0.1) is 0 Å². The number of anilines is 1. The molecule has 0 radical (unpaired) electrons. The molecule has 9 heteroatoms. The number of rotatable bonds is 4. The van der Waals surface area contributed by atoms with Crippen LogP contribution in [-0.4, -0.2) is 35.6 Å². The zero-order chi connectivity index (χ0) is 27.6. The van der Waals surface area contributed by atoms with E-state index < -0.39 is 11.9 Å². The number of pyridine rings is 2. The number of aryl methyl sites for hydroxylation is 1. The smallest absolute Gasteiger partial charge is 0.257 e. The summed E-state index contributed by atoms with van der Waals surface area (Å²) in [5.74, 6) is 6.09. The number of aromatic nitrogens is 6. The molecule has 0 aliphatic heterocycles. The summed E-state index contributed by atoms with van der Waals surface area (Å²) in [5.41, 5.74) is 11.9. The highest BCUT2D eigenvalue weighted by molar-refractivity contribution is 6.09. The lowest BCUT2D eigenvalue weighted by atomic mass is 10.0. The maximum atomic E-state index is 13.5. The van der Waals surface area contributed by atoms with E-state index in [0.717, 1.165) is 22.1 Å². The number of benzene rings is 2. The van der Waals surface area contributed by atoms with Crippen LogP contribution in [0.15, 0.2) is 85.5 Å². The van der Waals surface area contributed by atoms with E-state index >= 15 is 0 Å². The van der Waals surface area contributed by atoms with E-state index in [9.17, 15) is 4.79 Å². The Balaban J connectivity index is 1.44. The molecule has 0 unspecified atom stereocenters. The summed E-state index contributed by atoms with van der Waals surface area (Å²) in [5, 5.41) is 7.95. The molecule has 1 atom stereocenters. The van der Waals surface area contributed by atoms with E-state index in [0.29, 0.717) is 27.9 Å². The summed E-state index contributed by atoms with van der Waals surface area (Å²) in [4.78, 5) is 32.1. The fourth-order valence-electron chi connectivity index (χ4n) is 4.54. The number of nitrogens with zero attached hydrogens (tertiary/aromatic N) is 6. The molecule has 6 rings (SSSR count). The molecule has 1 amide bonds. The van der Waals surface area contributed by atoms with Crippen molar-refractivity contribution < 1.29 is 4.79 Å². The van der Waals surface area contributed by atoms with Gasteiger partial charge in [0.2, 0.25) is 0 Å². The van der Waals surface area contributed by atoms with E-state index in [-0.39, 0.29) is 11.4 Å². The number of hydrogen-bond donors (Lipinski definition) is 2. The van der Waals surface area contributed by atoms with Crippen LogP contribution in [0.4, 0.5) is 5.82 Å². The van der Waals surface area contributed by atoms with Crippen LogP contribution in [0.3, 0.4) is 0 Å². The molecular formula is C31H24N8O. The van der Waals surface area contributed by atoms with Crippen LogP contribution in [0.5, 0.6) is 0 Å². The molecule has 40 heavy (non-hydrogen) atoms. The Bertz CT molecular complexity index is 1950. The Morgan fingerprint density at radius 1 is 0.950 bits per heavy atom. The van der Waals surface area contributed by atoms with Crippen molar-refractivity contribution in [3.63, 3.8) is 0 Å². The molecule has 0 saturated carbocycles. The van der Waals surface area contributed by atoms with Gasteiger partial charge in [0.1, 0.15) is 16.9 Å². The molecule has 0 bridgehead atoms. The number of nitrogen functional groups attached to an aromatic ring is 1. The molecule has 9 nitrogen and oxygen atoms in total. The molecule has 0 aliphatic carbocycles. The quantitative estimate of drug-likeness (QED) is 0.327. The van der Waals surface area contributed by atoms with Crippen molar-refractivity contribution in [1.29, 1.82) is 0 Å². The molecule has 0 saturated heterocycles. The van der Waals surface area contributed by atoms with E-state index in [4.69, 9.17) is 15.7 Å². The molecule has 0 aliphatic rings. The number of carbonyl (C=O) groups is 1. The van der Waals surface area contributed by atoms with Crippen molar-refractivity contribution in [2.24, 2.45) is 7.05 Å². The van der Waals surface area contributed by atoms with Gasteiger partial charge in [0.05, 0.1) is 45.8 Å². The van der Waals surface area contributed by atoms with E-state index in [2.05, 4.69) is 32.2 Å². The van der Waals surface area contributed by atoms with Gasteiger partial charge in [-0.25, -0.2) is 15.0 Å². The van der Waals surface area contributed by atoms with E-state index in [1.54, 1.807) is 29.3 Å². The summed E-state index contributed by atoms with van der Waals surface area (Å²) in [6.45, 7) is 1.87. The first-order chi connectivity index (χ1) is 19.5. The lowest BCUT2D eigenvalue weighted by Gasteiger charge is -2.19. The third kappa shape index (κ3) is 4.70. The molecule has 0 fully saturated rings. The van der Waals surface area contributed by atoms with Crippen LogP contribution in [-0.2, 0) is 7.05 Å². The van der Waals surface area contributed by atoms with Crippen molar-refractivity contribution in [2.45, 2.75) is 13.0 Å². The summed E-state index contributed by atoms with van der Waals surface area (Å²) in [6, 6.07) is 18.6. The summed E-state index contributed by atoms with van der Waals surface area (Å²) < 4.78 is 1.71. The van der Waals surface area contributed by atoms with Crippen LogP contribution in [0.2, 0.25) is 0 Å². The standard InChI is InChI=1S/C31H24N8O/c1-19(36-31(40)25-28-23(11-7-15-33-28)17-34-30(25)32)26-29(21-8-4-3-5-9-21)38-27-22(10-6-12-24(27)37-26)14-13-20-16-35-39(2)18-20/h3-12,15-19H,1-2H3,(H2,32,34)(H,36,40)/t19-/m0/s1. The van der Waals surface area contributed by atoms with Crippen LogP contribution in [0.1, 0.15) is 40.1 Å². The van der Waals surface area contributed by atoms with Crippen LogP contribution in [0.25, 0.3) is 33.2 Å². The fourth-order valence-corrected chi connectivity index (χ4v) is 4.54. The summed E-state index contributed by atoms with van der Waals surface area (Å²) in [6.07, 6.45) is 6.80. The number of hydrogen-bond acceptors (Lipinski definition) is 7. The lowest BCUT2D eigenvalue weighted by molar-refractivity contribution is 0.0941. The number of para-hydroxylation sites is 1. The molecular weight excluding hydrogens is 500 g/mol. The van der Waals surface area contributed by atoms with E-state index in [1.165, 1.54) is 0 Å². The number of nitrogens with one attached hydrogen (secondary N) is 1. The van der Waals surface area contributed by atoms with Crippen molar-refractivity contribution in [2.75, 3.05) is 5.73 Å². The second-order valence-corrected chi connectivity index (χ2v) is 9.30. The third-order valence-corrected chi connectivity index (χ3v) is 6.47. The molecule has 0 spiro atoms. The third-order valence-electron chi connectivity index (χ3n) is 6.47. The Morgan fingerprint density at radius 2 is 1.80 bits per heavy atom. The van der Waals surface area contributed by atoms with Gasteiger partial charge in [-0.05, 0) is 31.2 Å². The second kappa shape index (κ2) is 10.3. The monoisotopic (exact) mass is 524 g/mol. The van der Waals surface area contributed by atoms with Crippen LogP contribution < -0.4 is 11.1 Å². The highest BCUT2D eigenvalue weighted by atomic mass is 16.1. The Morgan fingerprint density at radius 3 is 2.60 bits per heavy atom. The normalized spacial score (nSPS) is 11.7.